The van der Waals surface area contributed by atoms with Gasteiger partial charge in [-0.2, -0.15) is 5.53 Å². The molecule has 0 radical (unpaired) electrons. The summed E-state index contributed by atoms with van der Waals surface area (Å²) < 4.78 is 18.3. The van der Waals surface area contributed by atoms with Gasteiger partial charge in [-0.25, -0.2) is 0 Å². The molecular weight excluding hydrogens is 103 g/mol. The third-order valence-electron chi connectivity index (χ3n) is 0.438. The van der Waals surface area contributed by atoms with Gasteiger partial charge in [-0.3, -0.25) is 5.21 Å². The zero-order valence-electron chi connectivity index (χ0n) is 4.17. The van der Waals surface area contributed by atoms with Crippen LogP contribution in [-0.4, -0.2) is 22.0 Å². The Bertz CT molecular complexity index is 127. The molecule has 1 aliphatic heterocycles. The van der Waals surface area contributed by atoms with Crippen LogP contribution in [0.3, 0.4) is 0 Å². The number of hydroxylamine groups is 1. The summed E-state index contributed by atoms with van der Waals surface area (Å²) >= 11 is 0. The standard InChI is InChI=1S/CH3FN4O/c2-6-4-3-1-5(6)7/h1,4,7H/i1D. The maximum absolute atomic E-state index is 11.7. The summed E-state index contributed by atoms with van der Waals surface area (Å²) in [5.41, 5.74) is 1.66. The van der Waals surface area contributed by atoms with Gasteiger partial charge in [-0.05, 0) is 0 Å². The highest BCUT2D eigenvalue weighted by Gasteiger charge is 2.11. The quantitative estimate of drug-likeness (QED) is 0.399. The Kier molecular flexibility index (Phi) is 0.596. The third-order valence-corrected chi connectivity index (χ3v) is 0.438. The first-order valence-electron chi connectivity index (χ1n) is 1.96. The summed E-state index contributed by atoms with van der Waals surface area (Å²) in [6, 6.07) is 0. The second kappa shape index (κ2) is 1.32. The van der Waals surface area contributed by atoms with Gasteiger partial charge in [0, 0.05) is 0 Å². The normalized spacial score (nSPS) is 24.0. The van der Waals surface area contributed by atoms with Crippen molar-refractivity contribution in [1.29, 1.82) is 0 Å². The van der Waals surface area contributed by atoms with E-state index in [0.717, 1.165) is 0 Å². The van der Waals surface area contributed by atoms with Crippen LogP contribution in [0.5, 0.6) is 0 Å². The van der Waals surface area contributed by atoms with Gasteiger partial charge < -0.3 is 0 Å². The maximum Gasteiger partial charge on any atom is 0.160 e. The van der Waals surface area contributed by atoms with Gasteiger partial charge in [0.25, 0.3) is 0 Å². The molecule has 0 spiro atoms. The van der Waals surface area contributed by atoms with Crippen molar-refractivity contribution >= 4 is 6.31 Å². The van der Waals surface area contributed by atoms with Crippen LogP contribution in [0.1, 0.15) is 1.37 Å². The number of hydrazone groups is 1. The van der Waals surface area contributed by atoms with E-state index in [4.69, 9.17) is 6.58 Å². The lowest BCUT2D eigenvalue weighted by molar-refractivity contribution is -0.285. The number of hydrazine groups is 2. The zero-order valence-corrected chi connectivity index (χ0v) is 3.17. The molecular formula is CH3FN4O. The van der Waals surface area contributed by atoms with Crippen LogP contribution in [0.15, 0.2) is 5.10 Å². The molecule has 1 aliphatic rings. The van der Waals surface area contributed by atoms with Crippen LogP contribution in [-0.2, 0) is 0 Å². The van der Waals surface area contributed by atoms with Crippen LogP contribution in [0.4, 0.5) is 4.48 Å². The van der Waals surface area contributed by atoms with Gasteiger partial charge in [0.1, 0.15) is 1.37 Å². The highest BCUT2D eigenvalue weighted by atomic mass is 19.2. The molecule has 0 amide bonds. The molecule has 0 aromatic heterocycles. The molecule has 40 valence electrons. The molecule has 1 heterocycles. The number of rotatable bonds is 0. The van der Waals surface area contributed by atoms with Crippen molar-refractivity contribution in [2.75, 3.05) is 0 Å². The number of hydrogen-bond donors (Lipinski definition) is 2. The lowest BCUT2D eigenvalue weighted by Gasteiger charge is -2.06. The Labute approximate surface area is 39.9 Å². The first-order chi connectivity index (χ1) is 3.72. The summed E-state index contributed by atoms with van der Waals surface area (Å²) in [4.78, 5) is 0. The number of amidine groups is 1. The molecule has 5 nitrogen and oxygen atoms in total. The van der Waals surface area contributed by atoms with E-state index < -0.39 is 6.31 Å². The van der Waals surface area contributed by atoms with Crippen LogP contribution in [0, 0.1) is 0 Å². The molecule has 0 saturated carbocycles. The predicted octanol–water partition coefficient (Wildman–Crippen LogP) is -0.759. The fourth-order valence-electron chi connectivity index (χ4n) is 0.190. The van der Waals surface area contributed by atoms with Crippen molar-refractivity contribution in [3.05, 3.63) is 0 Å². The second-order valence-corrected chi connectivity index (χ2v) is 0.861. The largest absolute Gasteiger partial charge is 0.269 e. The van der Waals surface area contributed by atoms with Crippen molar-refractivity contribution in [2.24, 2.45) is 5.10 Å². The van der Waals surface area contributed by atoms with E-state index in [9.17, 15) is 4.48 Å². The highest BCUT2D eigenvalue weighted by molar-refractivity contribution is 5.52. The van der Waals surface area contributed by atoms with E-state index in [-0.39, 0.29) is 10.5 Å². The minimum atomic E-state index is -0.590. The molecule has 1 rings (SSSR count). The van der Waals surface area contributed by atoms with Gasteiger partial charge in [0.2, 0.25) is 0 Å². The van der Waals surface area contributed by atoms with E-state index in [2.05, 4.69) is 5.10 Å². The monoisotopic (exact) mass is 107 g/mol. The Morgan fingerprint density at radius 1 is 2.14 bits per heavy atom. The molecule has 0 aliphatic carbocycles. The predicted molar refractivity (Wildman–Crippen MR) is 18.2 cm³/mol. The average Bonchev–Trinajstić information content (AvgIpc) is 1.98. The molecule has 0 aromatic rings. The molecule has 7 heavy (non-hydrogen) atoms. The maximum atomic E-state index is 11.7. The van der Waals surface area contributed by atoms with E-state index in [1.807, 2.05) is 0 Å². The second-order valence-electron chi connectivity index (χ2n) is 0.861. The Morgan fingerprint density at radius 2 is 2.86 bits per heavy atom. The van der Waals surface area contributed by atoms with E-state index in [0.29, 0.717) is 0 Å². The molecule has 0 fully saturated rings. The van der Waals surface area contributed by atoms with Gasteiger partial charge >= 0.3 is 0 Å². The van der Waals surface area contributed by atoms with Crippen LogP contribution in [0.2, 0.25) is 0 Å². The van der Waals surface area contributed by atoms with Gasteiger partial charge in [-0.15, -0.1) is 10.3 Å². The van der Waals surface area contributed by atoms with Crippen LogP contribution >= 0.6 is 0 Å². The summed E-state index contributed by atoms with van der Waals surface area (Å²) in [5.74, 6) is 0. The van der Waals surface area contributed by atoms with Crippen molar-refractivity contribution < 1.29 is 11.1 Å². The molecule has 0 atom stereocenters. The fraction of sp³-hybridized carbons (Fsp3) is 0. The van der Waals surface area contributed by atoms with E-state index >= 15 is 0 Å². The van der Waals surface area contributed by atoms with Crippen LogP contribution < -0.4 is 5.53 Å². The zero-order chi connectivity index (χ0) is 6.15. The van der Waals surface area contributed by atoms with Crippen molar-refractivity contribution in [1.82, 2.24) is 16.0 Å². The van der Waals surface area contributed by atoms with Crippen molar-refractivity contribution in [3.8, 4) is 0 Å². The highest BCUT2D eigenvalue weighted by Crippen LogP contribution is 1.90. The SMILES string of the molecule is [2H]C1=NNN(F)N1O. The Morgan fingerprint density at radius 3 is 3.00 bits per heavy atom. The minimum absolute atomic E-state index is 0.0833. The lowest BCUT2D eigenvalue weighted by atomic mass is 11.3. The van der Waals surface area contributed by atoms with Gasteiger partial charge in [0.05, 0.1) is 5.34 Å². The number of nitrogens with one attached hydrogen (secondary N) is 1. The summed E-state index contributed by atoms with van der Waals surface area (Å²) in [7, 11) is 0. The van der Waals surface area contributed by atoms with Gasteiger partial charge in [0.15, 0.2) is 6.31 Å². The fourth-order valence-corrected chi connectivity index (χ4v) is 0.190. The Hall–Kier alpha value is -0.880. The number of hydrogen-bond acceptors (Lipinski definition) is 5. The summed E-state index contributed by atoms with van der Waals surface area (Å²) in [6.07, 6.45) is -0.590. The van der Waals surface area contributed by atoms with Crippen LogP contribution in [0.25, 0.3) is 0 Å². The smallest absolute Gasteiger partial charge is 0.160 e. The summed E-state index contributed by atoms with van der Waals surface area (Å²) in [5, 5.41) is 10.8. The first-order valence-corrected chi connectivity index (χ1v) is 1.46. The van der Waals surface area contributed by atoms with E-state index in [1.54, 1.807) is 5.53 Å². The summed E-state index contributed by atoms with van der Waals surface area (Å²) in [6.45, 7) is 0. The van der Waals surface area contributed by atoms with Crippen molar-refractivity contribution in [3.63, 3.8) is 0 Å². The molecule has 2 N–H and O–H groups in total. The topological polar surface area (TPSA) is 51.1 Å². The molecule has 0 unspecified atom stereocenters. The lowest BCUT2D eigenvalue weighted by Crippen LogP contribution is -2.33. The minimum Gasteiger partial charge on any atom is -0.269 e. The van der Waals surface area contributed by atoms with E-state index in [1.165, 1.54) is 0 Å². The molecule has 0 bridgehead atoms. The molecule has 0 aromatic carbocycles. The molecule has 0 saturated heterocycles. The third kappa shape index (κ3) is 0.599. The number of halogens is 1. The first kappa shape index (κ1) is 3.16. The number of nitrogens with zero attached hydrogens (tertiary/aromatic N) is 3. The average molecular weight is 107 g/mol. The van der Waals surface area contributed by atoms with Gasteiger partial charge in [-0.1, -0.05) is 4.48 Å². The Balaban J connectivity index is 2.59. The van der Waals surface area contributed by atoms with Crippen molar-refractivity contribution in [2.45, 2.75) is 0 Å². The molecule has 6 heteroatoms.